The molecule has 0 saturated heterocycles. The minimum atomic E-state index is -3.70. The molecule has 546 valence electrons. The minimum absolute atomic E-state index is 0.116. The number of ether oxygens (including phenoxy) is 7. The molecule has 0 aliphatic carbocycles. The van der Waals surface area contributed by atoms with Crippen LogP contribution in [-0.4, -0.2) is 65.3 Å². The molecule has 0 aromatic heterocycles. The van der Waals surface area contributed by atoms with Crippen LogP contribution in [0, 0.1) is 0 Å². The van der Waals surface area contributed by atoms with E-state index in [1.165, 1.54) is 12.8 Å². The van der Waals surface area contributed by atoms with Crippen LogP contribution in [0.15, 0.2) is 0 Å². The zero-order valence-electron chi connectivity index (χ0n) is 62.0. The van der Waals surface area contributed by atoms with Crippen molar-refractivity contribution in [2.45, 2.75) is 465 Å². The zero-order chi connectivity index (χ0) is 68.8. The highest BCUT2D eigenvalue weighted by molar-refractivity contribution is 5.88. The molecule has 0 N–H and O–H groups in total. The lowest BCUT2D eigenvalue weighted by Crippen LogP contribution is -2.78. The highest BCUT2D eigenvalue weighted by Gasteiger charge is 2.84. The van der Waals surface area contributed by atoms with Gasteiger partial charge in [-0.1, -0.05) is 337 Å². The molecule has 0 aliphatic heterocycles. The summed E-state index contributed by atoms with van der Waals surface area (Å²) in [4.78, 5) is 108. The minimum Gasteiger partial charge on any atom is -0.457 e. The highest BCUT2D eigenvalue weighted by Crippen LogP contribution is 2.50. The second kappa shape index (κ2) is 61.9. The standard InChI is InChI=1S/C79H146O14/c1-10-17-24-31-38-39-40-47-54-61-68-77(88-70(80)62-55-48-41-32-25-18-11-2,89-71(81)63-56-49-42-33-26-19-12-3)79(92-74(84)66-59-52-45-36-29-22-15-6,93-75(85)67-60-53-46-37-30-23-16-7)78(76(86)87-69(8)9,90-72(82)64-57-50-43-34-27-20-13-4)91-73(83)65-58-51-44-35-28-21-14-5/h69H,10-68H2,1-9H3. The fourth-order valence-corrected chi connectivity index (χ4v) is 12.2. The van der Waals surface area contributed by atoms with Crippen molar-refractivity contribution in [3.63, 3.8) is 0 Å². The molecule has 0 fully saturated rings. The molecule has 0 heterocycles. The van der Waals surface area contributed by atoms with Crippen LogP contribution in [0.5, 0.6) is 0 Å². The van der Waals surface area contributed by atoms with Crippen molar-refractivity contribution >= 4 is 41.8 Å². The van der Waals surface area contributed by atoms with Gasteiger partial charge in [0, 0.05) is 44.9 Å². The quantitative estimate of drug-likeness (QED) is 0.0242. The molecule has 0 rings (SSSR count). The summed E-state index contributed by atoms with van der Waals surface area (Å²) in [5, 5.41) is 0. The largest absolute Gasteiger partial charge is 0.457 e. The van der Waals surface area contributed by atoms with Gasteiger partial charge in [-0.2, -0.15) is 0 Å². The molecular formula is C79H146O14. The Bertz CT molecular complexity index is 1730. The van der Waals surface area contributed by atoms with Crippen LogP contribution in [0.25, 0.3) is 0 Å². The van der Waals surface area contributed by atoms with Crippen LogP contribution in [0.4, 0.5) is 0 Å². The lowest BCUT2D eigenvalue weighted by Gasteiger charge is -2.51. The van der Waals surface area contributed by atoms with Crippen molar-refractivity contribution in [3.05, 3.63) is 0 Å². The zero-order valence-corrected chi connectivity index (χ0v) is 62.0. The van der Waals surface area contributed by atoms with Crippen LogP contribution >= 0.6 is 0 Å². The lowest BCUT2D eigenvalue weighted by molar-refractivity contribution is -0.439. The Kier molecular flexibility index (Phi) is 59.4. The molecule has 14 nitrogen and oxygen atoms in total. The normalized spacial score (nSPS) is 11.8. The molecule has 0 spiro atoms. The Morgan fingerprint density at radius 1 is 0.237 bits per heavy atom. The van der Waals surface area contributed by atoms with Gasteiger partial charge in [-0.05, 0) is 58.8 Å². The van der Waals surface area contributed by atoms with E-state index >= 15 is 33.6 Å². The number of carbonyl (C=O) groups excluding carboxylic acids is 7. The molecular weight excluding hydrogens is 1170 g/mol. The van der Waals surface area contributed by atoms with E-state index in [2.05, 4.69) is 48.5 Å². The monoisotopic (exact) mass is 1320 g/mol. The predicted octanol–water partition coefficient (Wildman–Crippen LogP) is 23.4. The SMILES string of the molecule is CCCCCCCCCCCCC(OC(=O)CCCCCCCCC)(OC(=O)CCCCCCCCC)C(OC(=O)CCCCCCCCC)(OC(=O)CCCCCCCCC)C(OC(=O)CCCCCCCCC)(OC(=O)CCCCCCCCC)C(=O)OC(C)C. The maximum absolute atomic E-state index is 16.2. The molecule has 0 atom stereocenters. The molecule has 14 heteroatoms. The van der Waals surface area contributed by atoms with Crippen molar-refractivity contribution < 1.29 is 66.7 Å². The summed E-state index contributed by atoms with van der Waals surface area (Å²) in [6.07, 6.45) is 41.5. The average Bonchev–Trinajstić information content (AvgIpc) is 0.706. The number of unbranched alkanes of at least 4 members (excludes halogenated alkanes) is 45. The van der Waals surface area contributed by atoms with Gasteiger partial charge in [-0.3, -0.25) is 28.8 Å². The van der Waals surface area contributed by atoms with Crippen molar-refractivity contribution in [2.75, 3.05) is 0 Å². The third kappa shape index (κ3) is 44.7. The van der Waals surface area contributed by atoms with Gasteiger partial charge in [-0.25, -0.2) is 4.79 Å². The fourth-order valence-electron chi connectivity index (χ4n) is 12.2. The summed E-state index contributed by atoms with van der Waals surface area (Å²) in [5.74, 6) is -18.0. The number of esters is 7. The third-order valence-electron chi connectivity index (χ3n) is 17.9. The van der Waals surface area contributed by atoms with Gasteiger partial charge in [0.1, 0.15) is 0 Å². The van der Waals surface area contributed by atoms with E-state index in [1.807, 2.05) is 0 Å². The average molecular weight is 1320 g/mol. The summed E-state index contributed by atoms with van der Waals surface area (Å²) >= 11 is 0. The highest BCUT2D eigenvalue weighted by atomic mass is 16.9. The predicted molar refractivity (Wildman–Crippen MR) is 378 cm³/mol. The summed E-state index contributed by atoms with van der Waals surface area (Å²) in [6.45, 7) is 18.2. The van der Waals surface area contributed by atoms with Gasteiger partial charge in [0.25, 0.3) is 0 Å². The Morgan fingerprint density at radius 3 is 0.634 bits per heavy atom. The Morgan fingerprint density at radius 2 is 0.419 bits per heavy atom. The molecule has 0 amide bonds. The second-order valence-electron chi connectivity index (χ2n) is 27.4. The van der Waals surface area contributed by atoms with Crippen molar-refractivity contribution in [3.8, 4) is 0 Å². The summed E-state index contributed by atoms with van der Waals surface area (Å²) in [7, 11) is 0. The molecule has 0 aromatic carbocycles. The molecule has 0 saturated carbocycles. The van der Waals surface area contributed by atoms with Gasteiger partial charge < -0.3 is 33.2 Å². The van der Waals surface area contributed by atoms with Crippen LogP contribution in [0.3, 0.4) is 0 Å². The van der Waals surface area contributed by atoms with Gasteiger partial charge in [0.2, 0.25) is 0 Å². The first-order valence-corrected chi connectivity index (χ1v) is 39.6. The molecule has 93 heavy (non-hydrogen) atoms. The van der Waals surface area contributed by atoms with Gasteiger partial charge in [0.15, 0.2) is 0 Å². The number of hydrogen-bond donors (Lipinski definition) is 0. The van der Waals surface area contributed by atoms with Crippen LogP contribution < -0.4 is 0 Å². The van der Waals surface area contributed by atoms with E-state index in [9.17, 15) is 0 Å². The van der Waals surface area contributed by atoms with E-state index in [0.29, 0.717) is 89.9 Å². The molecule has 0 aliphatic rings. The van der Waals surface area contributed by atoms with Gasteiger partial charge in [0.05, 0.1) is 6.10 Å². The van der Waals surface area contributed by atoms with E-state index in [4.69, 9.17) is 33.2 Å². The number of carbonyl (C=O) groups is 7. The molecule has 0 radical (unpaired) electrons. The van der Waals surface area contributed by atoms with E-state index in [0.717, 1.165) is 225 Å². The van der Waals surface area contributed by atoms with Crippen LogP contribution in [0.2, 0.25) is 0 Å². The molecule has 0 aromatic rings. The fraction of sp³-hybridized carbons (Fsp3) is 0.911. The topological polar surface area (TPSA) is 184 Å². The second-order valence-corrected chi connectivity index (χ2v) is 27.4. The van der Waals surface area contributed by atoms with Gasteiger partial charge in [-0.15, -0.1) is 0 Å². The van der Waals surface area contributed by atoms with Crippen LogP contribution in [0.1, 0.15) is 441 Å². The number of rotatable bonds is 69. The summed E-state index contributed by atoms with van der Waals surface area (Å²) < 4.78 is 46.6. The van der Waals surface area contributed by atoms with Crippen LogP contribution in [-0.2, 0) is 66.7 Å². The van der Waals surface area contributed by atoms with Crippen molar-refractivity contribution in [2.24, 2.45) is 0 Å². The first-order chi connectivity index (χ1) is 45.1. The van der Waals surface area contributed by atoms with Crippen molar-refractivity contribution in [1.82, 2.24) is 0 Å². The van der Waals surface area contributed by atoms with E-state index in [1.54, 1.807) is 13.8 Å². The lowest BCUT2D eigenvalue weighted by atomic mass is 9.88. The Labute approximate surface area is 570 Å². The smallest absolute Gasteiger partial charge is 0.444 e. The summed E-state index contributed by atoms with van der Waals surface area (Å²) in [5.41, 5.74) is 0. The first-order valence-electron chi connectivity index (χ1n) is 39.6. The Hall–Kier alpha value is -3.71. The maximum atomic E-state index is 16.2. The van der Waals surface area contributed by atoms with E-state index in [-0.39, 0.29) is 44.9 Å². The first kappa shape index (κ1) is 89.3. The molecule has 0 bridgehead atoms. The maximum Gasteiger partial charge on any atom is 0.444 e. The van der Waals surface area contributed by atoms with E-state index < -0.39 is 71.7 Å². The summed E-state index contributed by atoms with van der Waals surface area (Å²) in [6, 6.07) is 0. The Balaban J connectivity index is 9.34. The molecule has 0 unspecified atom stereocenters. The van der Waals surface area contributed by atoms with Gasteiger partial charge >= 0.3 is 59.1 Å². The van der Waals surface area contributed by atoms with Crippen molar-refractivity contribution in [1.29, 1.82) is 0 Å². The third-order valence-corrected chi connectivity index (χ3v) is 17.9. The number of hydrogen-bond acceptors (Lipinski definition) is 14.